The van der Waals surface area contributed by atoms with Crippen LogP contribution in [0.1, 0.15) is 68.1 Å². The van der Waals surface area contributed by atoms with Gasteiger partial charge in [0.15, 0.2) is 0 Å². The smallest absolute Gasteiger partial charge is 0.251 e. The Morgan fingerprint density at radius 2 is 1.91 bits per heavy atom. The van der Waals surface area contributed by atoms with Gasteiger partial charge in [-0.3, -0.25) is 19.5 Å². The van der Waals surface area contributed by atoms with Gasteiger partial charge >= 0.3 is 0 Å². The van der Waals surface area contributed by atoms with E-state index in [1.807, 2.05) is 26.1 Å². The van der Waals surface area contributed by atoms with Crippen LogP contribution in [0.3, 0.4) is 0 Å². The lowest BCUT2D eigenvalue weighted by atomic mass is 9.84. The van der Waals surface area contributed by atoms with Crippen molar-refractivity contribution in [1.29, 1.82) is 0 Å². The van der Waals surface area contributed by atoms with Gasteiger partial charge in [-0.2, -0.15) is 0 Å². The van der Waals surface area contributed by atoms with E-state index < -0.39 is 0 Å². The SMILES string of the molecule is CCN(c1cc(-c2ccc(CN3CCCN(C)CC3)nc2)cc(C(=O)NCC2C(=O)NC(C)CC2C)c1C)C1CCOCC1. The Morgan fingerprint density at radius 1 is 1.11 bits per heavy atom. The molecule has 0 spiro atoms. The number of pyridine rings is 1. The molecule has 0 radical (unpaired) electrons. The molecule has 44 heavy (non-hydrogen) atoms. The van der Waals surface area contributed by atoms with Crippen molar-refractivity contribution >= 4 is 17.5 Å². The summed E-state index contributed by atoms with van der Waals surface area (Å²) in [6.07, 6.45) is 5.98. The number of benzene rings is 1. The van der Waals surface area contributed by atoms with Gasteiger partial charge in [0, 0.05) is 81.0 Å². The molecule has 9 heteroatoms. The van der Waals surface area contributed by atoms with Crippen LogP contribution in [0.15, 0.2) is 30.5 Å². The first-order valence-electron chi connectivity index (χ1n) is 16.7. The molecule has 3 aliphatic heterocycles. The van der Waals surface area contributed by atoms with Gasteiger partial charge in [0.1, 0.15) is 0 Å². The second kappa shape index (κ2) is 14.8. The lowest BCUT2D eigenvalue weighted by Crippen LogP contribution is -2.50. The topological polar surface area (TPSA) is 90.0 Å². The summed E-state index contributed by atoms with van der Waals surface area (Å²) in [5.41, 5.74) is 5.74. The van der Waals surface area contributed by atoms with E-state index >= 15 is 0 Å². The molecule has 3 saturated heterocycles. The number of anilines is 1. The van der Waals surface area contributed by atoms with Crippen LogP contribution in [0.25, 0.3) is 11.1 Å². The van der Waals surface area contributed by atoms with Crippen molar-refractivity contribution in [2.24, 2.45) is 11.8 Å². The Labute approximate surface area is 263 Å². The Hall–Kier alpha value is -3.01. The van der Waals surface area contributed by atoms with Gasteiger partial charge in [0.05, 0.1) is 11.6 Å². The normalized spacial score (nSPS) is 24.0. The number of rotatable bonds is 9. The summed E-state index contributed by atoms with van der Waals surface area (Å²) in [6.45, 7) is 16.3. The monoisotopic (exact) mass is 604 g/mol. The number of carbonyl (C=O) groups excluding carboxylic acids is 2. The summed E-state index contributed by atoms with van der Waals surface area (Å²) in [7, 11) is 2.19. The third-order valence-electron chi connectivity index (χ3n) is 9.88. The van der Waals surface area contributed by atoms with Crippen LogP contribution in [0.2, 0.25) is 0 Å². The Bertz CT molecular complexity index is 1280. The molecule has 3 unspecified atom stereocenters. The highest BCUT2D eigenvalue weighted by molar-refractivity contribution is 5.99. The summed E-state index contributed by atoms with van der Waals surface area (Å²) < 4.78 is 5.67. The summed E-state index contributed by atoms with van der Waals surface area (Å²) in [4.78, 5) is 38.7. The van der Waals surface area contributed by atoms with Gasteiger partial charge in [0.2, 0.25) is 5.91 Å². The van der Waals surface area contributed by atoms with Crippen LogP contribution >= 0.6 is 0 Å². The highest BCUT2D eigenvalue weighted by Crippen LogP contribution is 2.34. The van der Waals surface area contributed by atoms with E-state index in [9.17, 15) is 9.59 Å². The predicted molar refractivity (Wildman–Crippen MR) is 176 cm³/mol. The third kappa shape index (κ3) is 7.79. The van der Waals surface area contributed by atoms with Crippen molar-refractivity contribution < 1.29 is 14.3 Å². The number of hydrogen-bond donors (Lipinski definition) is 2. The second-order valence-corrected chi connectivity index (χ2v) is 13.2. The minimum absolute atomic E-state index is 0.0257. The number of carbonyl (C=O) groups is 2. The molecule has 2 amide bonds. The molecule has 2 N–H and O–H groups in total. The van der Waals surface area contributed by atoms with Crippen molar-refractivity contribution in [3.8, 4) is 11.1 Å². The number of nitrogens with zero attached hydrogens (tertiary/aromatic N) is 4. The van der Waals surface area contributed by atoms with E-state index in [1.165, 1.54) is 6.42 Å². The van der Waals surface area contributed by atoms with E-state index in [-0.39, 0.29) is 29.7 Å². The van der Waals surface area contributed by atoms with E-state index in [2.05, 4.69) is 64.4 Å². The number of likely N-dealkylation sites (N-methyl/N-ethyl adjacent to an activating group) is 1. The van der Waals surface area contributed by atoms with E-state index in [1.54, 1.807) is 0 Å². The minimum atomic E-state index is -0.228. The van der Waals surface area contributed by atoms with Crippen LogP contribution < -0.4 is 15.5 Å². The summed E-state index contributed by atoms with van der Waals surface area (Å²) in [6, 6.07) is 9.03. The second-order valence-electron chi connectivity index (χ2n) is 13.2. The molecule has 0 bridgehead atoms. The average molecular weight is 605 g/mol. The molecule has 240 valence electrons. The summed E-state index contributed by atoms with van der Waals surface area (Å²) in [5, 5.41) is 6.18. The molecule has 1 aromatic carbocycles. The number of hydrogen-bond acceptors (Lipinski definition) is 7. The molecule has 3 atom stereocenters. The molecule has 3 aliphatic rings. The predicted octanol–water partition coefficient (Wildman–Crippen LogP) is 4.09. The maximum atomic E-state index is 13.8. The molecular weight excluding hydrogens is 552 g/mol. The molecule has 0 aliphatic carbocycles. The number of amides is 2. The molecule has 0 saturated carbocycles. The van der Waals surface area contributed by atoms with Crippen molar-refractivity contribution in [2.45, 2.75) is 72.0 Å². The molecular formula is C35H52N6O3. The zero-order valence-electron chi connectivity index (χ0n) is 27.4. The number of aromatic nitrogens is 1. The van der Waals surface area contributed by atoms with E-state index in [4.69, 9.17) is 9.72 Å². The molecule has 4 heterocycles. The quantitative estimate of drug-likeness (QED) is 0.446. The van der Waals surface area contributed by atoms with Crippen LogP contribution in [-0.2, 0) is 16.1 Å². The van der Waals surface area contributed by atoms with Gasteiger partial charge in [-0.15, -0.1) is 0 Å². The van der Waals surface area contributed by atoms with Crippen LogP contribution in [-0.4, -0.2) is 98.2 Å². The van der Waals surface area contributed by atoms with Crippen molar-refractivity contribution in [3.05, 3.63) is 47.3 Å². The van der Waals surface area contributed by atoms with Crippen molar-refractivity contribution in [3.63, 3.8) is 0 Å². The first-order chi connectivity index (χ1) is 21.2. The van der Waals surface area contributed by atoms with Crippen molar-refractivity contribution in [1.82, 2.24) is 25.4 Å². The zero-order valence-corrected chi connectivity index (χ0v) is 27.4. The molecule has 9 nitrogen and oxygen atoms in total. The number of ether oxygens (including phenoxy) is 1. The van der Waals surface area contributed by atoms with Crippen LogP contribution in [0.4, 0.5) is 5.69 Å². The lowest BCUT2D eigenvalue weighted by molar-refractivity contribution is -0.129. The maximum absolute atomic E-state index is 13.8. The minimum Gasteiger partial charge on any atom is -0.381 e. The Morgan fingerprint density at radius 3 is 2.61 bits per heavy atom. The standard InChI is InChI=1S/C35H52N6O3/c1-6-41(30-10-16-44-17-11-30)33-20-28(27-8-9-29(36-21-27)23-40-13-7-12-39(5)14-15-40)19-31(26(33)4)34(42)37-22-32-24(2)18-25(3)38-35(32)43/h8-9,19-21,24-25,30,32H,6-7,10-18,22-23H2,1-5H3,(H,37,42)(H,38,43). The summed E-state index contributed by atoms with van der Waals surface area (Å²) in [5.74, 6) is -0.125. The van der Waals surface area contributed by atoms with Gasteiger partial charge in [-0.25, -0.2) is 0 Å². The van der Waals surface area contributed by atoms with Gasteiger partial charge in [0.25, 0.3) is 5.91 Å². The van der Waals surface area contributed by atoms with E-state index in [0.717, 1.165) is 99.8 Å². The first-order valence-corrected chi connectivity index (χ1v) is 16.7. The van der Waals surface area contributed by atoms with Crippen LogP contribution in [0, 0.1) is 18.8 Å². The average Bonchev–Trinajstić information content (AvgIpc) is 3.22. The lowest BCUT2D eigenvalue weighted by Gasteiger charge is -2.37. The van der Waals surface area contributed by atoms with Gasteiger partial charge in [-0.1, -0.05) is 13.0 Å². The molecule has 2 aromatic rings. The third-order valence-corrected chi connectivity index (χ3v) is 9.88. The Kier molecular flexibility index (Phi) is 10.9. The summed E-state index contributed by atoms with van der Waals surface area (Å²) >= 11 is 0. The highest BCUT2D eigenvalue weighted by Gasteiger charge is 2.33. The largest absolute Gasteiger partial charge is 0.381 e. The van der Waals surface area contributed by atoms with Gasteiger partial charge < -0.3 is 25.2 Å². The van der Waals surface area contributed by atoms with E-state index in [0.29, 0.717) is 18.2 Å². The fourth-order valence-corrected chi connectivity index (χ4v) is 7.18. The Balaban J connectivity index is 1.41. The van der Waals surface area contributed by atoms with Gasteiger partial charge in [-0.05, 0) is 102 Å². The fraction of sp³-hybridized carbons (Fsp3) is 0.629. The van der Waals surface area contributed by atoms with Crippen LogP contribution in [0.5, 0.6) is 0 Å². The highest BCUT2D eigenvalue weighted by atomic mass is 16.5. The molecule has 3 fully saturated rings. The maximum Gasteiger partial charge on any atom is 0.251 e. The fourth-order valence-electron chi connectivity index (χ4n) is 7.18. The number of piperidine rings is 1. The number of nitrogens with one attached hydrogen (secondary N) is 2. The molecule has 5 rings (SSSR count). The molecule has 1 aromatic heterocycles. The zero-order chi connectivity index (χ0) is 31.2. The first kappa shape index (κ1) is 32.4. The van der Waals surface area contributed by atoms with Crippen molar-refractivity contribution in [2.75, 3.05) is 64.4 Å².